The van der Waals surface area contributed by atoms with Gasteiger partial charge in [-0.05, 0) is 43.9 Å². The number of anilines is 2. The maximum atomic E-state index is 5.36. The van der Waals surface area contributed by atoms with Gasteiger partial charge in [0, 0.05) is 25.5 Å². The van der Waals surface area contributed by atoms with Crippen molar-refractivity contribution in [2.75, 3.05) is 25.2 Å². The summed E-state index contributed by atoms with van der Waals surface area (Å²) in [7, 11) is 1.72. The van der Waals surface area contributed by atoms with Crippen molar-refractivity contribution in [3.63, 3.8) is 0 Å². The van der Waals surface area contributed by atoms with Gasteiger partial charge in [-0.2, -0.15) is 0 Å². The molecule has 1 unspecified atom stereocenters. The van der Waals surface area contributed by atoms with E-state index in [1.54, 1.807) is 7.11 Å². The van der Waals surface area contributed by atoms with Gasteiger partial charge < -0.3 is 9.64 Å². The second kappa shape index (κ2) is 7.03. The van der Waals surface area contributed by atoms with Gasteiger partial charge in [-0.3, -0.25) is 0 Å². The van der Waals surface area contributed by atoms with Gasteiger partial charge in [0.2, 0.25) is 0 Å². The van der Waals surface area contributed by atoms with Crippen LogP contribution in [0.2, 0.25) is 0 Å². The number of aromatic nitrogens is 4. The fourth-order valence-corrected chi connectivity index (χ4v) is 3.82. The molecular formula is C20H25N5O. The van der Waals surface area contributed by atoms with Crippen LogP contribution in [0.15, 0.2) is 30.5 Å². The van der Waals surface area contributed by atoms with Crippen LogP contribution >= 0.6 is 0 Å². The van der Waals surface area contributed by atoms with Crippen molar-refractivity contribution in [2.24, 2.45) is 0 Å². The number of hydrogen-bond donors (Lipinski definition) is 0. The summed E-state index contributed by atoms with van der Waals surface area (Å²) in [6, 6.07) is 8.83. The fourth-order valence-electron chi connectivity index (χ4n) is 3.82. The Morgan fingerprint density at radius 1 is 1.27 bits per heavy atom. The van der Waals surface area contributed by atoms with E-state index in [9.17, 15) is 0 Å². The molecule has 0 amide bonds. The summed E-state index contributed by atoms with van der Waals surface area (Å²) in [5, 5.41) is 8.92. The minimum absolute atomic E-state index is 0.177. The summed E-state index contributed by atoms with van der Waals surface area (Å²) < 4.78 is 7.33. The number of rotatable bonds is 5. The predicted molar refractivity (Wildman–Crippen MR) is 103 cm³/mol. The quantitative estimate of drug-likeness (QED) is 0.699. The first-order valence-corrected chi connectivity index (χ1v) is 9.28. The Balaban J connectivity index is 1.81. The zero-order valence-corrected chi connectivity index (χ0v) is 15.6. The van der Waals surface area contributed by atoms with E-state index >= 15 is 0 Å². The average Bonchev–Trinajstić information content (AvgIpc) is 3.09. The van der Waals surface area contributed by atoms with Crippen LogP contribution in [0.3, 0.4) is 0 Å². The summed E-state index contributed by atoms with van der Waals surface area (Å²) in [4.78, 5) is 6.96. The van der Waals surface area contributed by atoms with Crippen LogP contribution in [0, 0.1) is 6.92 Å². The van der Waals surface area contributed by atoms with E-state index in [1.165, 1.54) is 16.8 Å². The van der Waals surface area contributed by atoms with Crippen LogP contribution in [0.1, 0.15) is 36.9 Å². The van der Waals surface area contributed by atoms with Gasteiger partial charge in [-0.15, -0.1) is 5.10 Å². The molecular weight excluding hydrogens is 326 g/mol. The van der Waals surface area contributed by atoms with E-state index in [-0.39, 0.29) is 6.04 Å². The van der Waals surface area contributed by atoms with Gasteiger partial charge >= 0.3 is 0 Å². The van der Waals surface area contributed by atoms with Gasteiger partial charge in [-0.1, -0.05) is 29.8 Å². The Kier molecular flexibility index (Phi) is 4.59. The zero-order valence-electron chi connectivity index (χ0n) is 15.6. The normalized spacial score (nSPS) is 15.3. The Morgan fingerprint density at radius 3 is 2.96 bits per heavy atom. The summed E-state index contributed by atoms with van der Waals surface area (Å²) >= 11 is 0. The lowest BCUT2D eigenvalue weighted by Gasteiger charge is -2.30. The molecule has 1 aliphatic heterocycles. The van der Waals surface area contributed by atoms with Gasteiger partial charge in [0.05, 0.1) is 18.2 Å². The van der Waals surface area contributed by atoms with Crippen LogP contribution in [-0.4, -0.2) is 40.2 Å². The highest BCUT2D eigenvalue weighted by Gasteiger charge is 2.24. The molecule has 6 nitrogen and oxygen atoms in total. The van der Waals surface area contributed by atoms with Gasteiger partial charge in [0.1, 0.15) is 0 Å². The minimum Gasteiger partial charge on any atom is -0.382 e. The SMILES string of the molecule is CCC(COC)n1nnc2c(N3CCCc4cc(C)ccc43)nccc21. The molecule has 0 saturated carbocycles. The monoisotopic (exact) mass is 351 g/mol. The van der Waals surface area contributed by atoms with E-state index < -0.39 is 0 Å². The fraction of sp³-hybridized carbons (Fsp3) is 0.450. The van der Waals surface area contributed by atoms with E-state index in [0.717, 1.165) is 42.7 Å². The maximum absolute atomic E-state index is 5.36. The summed E-state index contributed by atoms with van der Waals surface area (Å²) in [6.07, 6.45) is 5.03. The molecule has 1 atom stereocenters. The lowest BCUT2D eigenvalue weighted by atomic mass is 9.99. The Bertz CT molecular complexity index is 920. The minimum atomic E-state index is 0.177. The molecule has 0 fully saturated rings. The van der Waals surface area contributed by atoms with Crippen LogP contribution in [-0.2, 0) is 11.2 Å². The molecule has 0 bridgehead atoms. The zero-order chi connectivity index (χ0) is 18.1. The van der Waals surface area contributed by atoms with Crippen molar-refractivity contribution in [2.45, 2.75) is 39.2 Å². The van der Waals surface area contributed by atoms with Crippen LogP contribution in [0.25, 0.3) is 11.0 Å². The number of pyridine rings is 1. The van der Waals surface area contributed by atoms with Crippen molar-refractivity contribution in [3.05, 3.63) is 41.6 Å². The van der Waals surface area contributed by atoms with Crippen LogP contribution < -0.4 is 4.90 Å². The molecule has 3 heterocycles. The number of ether oxygens (including phenoxy) is 1. The van der Waals surface area contributed by atoms with E-state index in [4.69, 9.17) is 4.74 Å². The third kappa shape index (κ3) is 2.84. The molecule has 1 aliphatic rings. The highest BCUT2D eigenvalue weighted by molar-refractivity contribution is 5.88. The molecule has 136 valence electrons. The number of aryl methyl sites for hydroxylation is 2. The van der Waals surface area contributed by atoms with Gasteiger partial charge in [0.25, 0.3) is 0 Å². The highest BCUT2D eigenvalue weighted by atomic mass is 16.5. The number of fused-ring (bicyclic) bond motifs is 2. The van der Waals surface area contributed by atoms with Crippen molar-refractivity contribution >= 4 is 22.5 Å². The molecule has 4 rings (SSSR count). The Hall–Kier alpha value is -2.47. The number of methoxy groups -OCH3 is 1. The number of nitrogens with zero attached hydrogens (tertiary/aromatic N) is 5. The first kappa shape index (κ1) is 17.0. The molecule has 26 heavy (non-hydrogen) atoms. The highest BCUT2D eigenvalue weighted by Crippen LogP contribution is 2.36. The largest absolute Gasteiger partial charge is 0.382 e. The second-order valence-corrected chi connectivity index (χ2v) is 6.94. The molecule has 2 aromatic heterocycles. The van der Waals surface area contributed by atoms with Crippen LogP contribution in [0.4, 0.5) is 11.5 Å². The molecule has 1 aromatic carbocycles. The topological polar surface area (TPSA) is 56.1 Å². The molecule has 0 aliphatic carbocycles. The second-order valence-electron chi connectivity index (χ2n) is 6.94. The Labute approximate surface area is 153 Å². The maximum Gasteiger partial charge on any atom is 0.163 e. The van der Waals surface area contributed by atoms with E-state index in [1.807, 2.05) is 16.9 Å². The lowest BCUT2D eigenvalue weighted by molar-refractivity contribution is 0.148. The first-order valence-electron chi connectivity index (χ1n) is 9.28. The summed E-state index contributed by atoms with van der Waals surface area (Å²) in [5.41, 5.74) is 5.79. The standard InChI is InChI=1S/C20H25N5O/c1-4-16(13-26-3)25-18-9-10-21-20(19(18)22-23-25)24-11-5-6-15-12-14(2)7-8-17(15)24/h7-10,12,16H,4-6,11,13H2,1-3H3. The Morgan fingerprint density at radius 2 is 2.15 bits per heavy atom. The molecule has 3 aromatic rings. The lowest BCUT2D eigenvalue weighted by Crippen LogP contribution is -2.25. The third-order valence-electron chi connectivity index (χ3n) is 5.16. The molecule has 0 N–H and O–H groups in total. The van der Waals surface area contributed by atoms with Crippen molar-refractivity contribution < 1.29 is 4.74 Å². The predicted octanol–water partition coefficient (Wildman–Crippen LogP) is 3.82. The van der Waals surface area contributed by atoms with Gasteiger partial charge in [0.15, 0.2) is 11.3 Å². The first-order chi connectivity index (χ1) is 12.7. The summed E-state index contributed by atoms with van der Waals surface area (Å²) in [5.74, 6) is 0.894. The molecule has 6 heteroatoms. The summed E-state index contributed by atoms with van der Waals surface area (Å²) in [6.45, 7) is 5.86. The molecule has 0 saturated heterocycles. The molecule has 0 spiro atoms. The smallest absolute Gasteiger partial charge is 0.163 e. The van der Waals surface area contributed by atoms with Crippen molar-refractivity contribution in [1.82, 2.24) is 20.0 Å². The van der Waals surface area contributed by atoms with Gasteiger partial charge in [-0.25, -0.2) is 9.67 Å². The number of benzene rings is 1. The van der Waals surface area contributed by atoms with E-state index in [0.29, 0.717) is 6.61 Å². The van der Waals surface area contributed by atoms with E-state index in [2.05, 4.69) is 52.2 Å². The average molecular weight is 351 g/mol. The third-order valence-corrected chi connectivity index (χ3v) is 5.16. The molecule has 0 radical (unpaired) electrons. The van der Waals surface area contributed by atoms with Crippen molar-refractivity contribution in [3.8, 4) is 0 Å². The number of hydrogen-bond acceptors (Lipinski definition) is 5. The van der Waals surface area contributed by atoms with Crippen LogP contribution in [0.5, 0.6) is 0 Å². The van der Waals surface area contributed by atoms with Crippen molar-refractivity contribution in [1.29, 1.82) is 0 Å².